The summed E-state index contributed by atoms with van der Waals surface area (Å²) >= 11 is 0. The summed E-state index contributed by atoms with van der Waals surface area (Å²) in [4.78, 5) is 11.2. The summed E-state index contributed by atoms with van der Waals surface area (Å²) in [5.74, 6) is 0. The van der Waals surface area contributed by atoms with Gasteiger partial charge in [-0.2, -0.15) is 10.2 Å². The summed E-state index contributed by atoms with van der Waals surface area (Å²) in [7, 11) is 0. The number of rotatable bonds is 7. The van der Waals surface area contributed by atoms with Crippen molar-refractivity contribution in [3.8, 4) is 0 Å². The van der Waals surface area contributed by atoms with Crippen LogP contribution >= 0.6 is 0 Å². The quantitative estimate of drug-likeness (QED) is 0.468. The molecule has 0 aliphatic rings. The van der Waals surface area contributed by atoms with Crippen LogP contribution < -0.4 is 4.90 Å². The highest BCUT2D eigenvalue weighted by atomic mass is 15.1. The van der Waals surface area contributed by atoms with E-state index < -0.39 is 0 Å². The van der Waals surface area contributed by atoms with Crippen molar-refractivity contribution >= 4 is 17.8 Å². The third-order valence-corrected chi connectivity index (χ3v) is 4.46. The Kier molecular flexibility index (Phi) is 5.98. The second-order valence-electron chi connectivity index (χ2n) is 6.57. The smallest absolute Gasteiger partial charge is 0.0857 e. The van der Waals surface area contributed by atoms with Gasteiger partial charge in [-0.25, -0.2) is 0 Å². The summed E-state index contributed by atoms with van der Waals surface area (Å²) in [6.07, 6.45) is 9.32. The van der Waals surface area contributed by atoms with Crippen molar-refractivity contribution in [2.24, 2.45) is 0 Å². The van der Waals surface area contributed by atoms with Crippen LogP contribution in [0.1, 0.15) is 22.6 Å². The van der Waals surface area contributed by atoms with Gasteiger partial charge in [0.25, 0.3) is 0 Å². The van der Waals surface area contributed by atoms with Crippen molar-refractivity contribution in [1.29, 1.82) is 0 Å². The van der Waals surface area contributed by atoms with Crippen molar-refractivity contribution in [2.75, 3.05) is 4.90 Å². The standard InChI is InChI=1S/C24H21N5/c1-3-15-25-22(6-1)18-29(19-23-7-2-4-16-26-23)24-13-10-20(11-14-24)9-12-21-8-5-17-27-28-21/h1-17H,18-19H2/b12-9+. The summed E-state index contributed by atoms with van der Waals surface area (Å²) in [6, 6.07) is 24.3. The van der Waals surface area contributed by atoms with E-state index in [0.29, 0.717) is 13.1 Å². The van der Waals surface area contributed by atoms with Gasteiger partial charge in [0.05, 0.1) is 30.2 Å². The first-order valence-electron chi connectivity index (χ1n) is 9.47. The molecule has 0 unspecified atom stereocenters. The SMILES string of the molecule is C(=C\c1cccnn1)/c1ccc(N(Cc2ccccn2)Cc2ccccn2)cc1. The highest BCUT2D eigenvalue weighted by molar-refractivity contribution is 5.68. The van der Waals surface area contributed by atoms with E-state index in [2.05, 4.69) is 49.3 Å². The predicted molar refractivity (Wildman–Crippen MR) is 116 cm³/mol. The Balaban J connectivity index is 1.54. The lowest BCUT2D eigenvalue weighted by Crippen LogP contribution is -2.23. The maximum Gasteiger partial charge on any atom is 0.0857 e. The molecular weight excluding hydrogens is 358 g/mol. The molecule has 0 fully saturated rings. The number of hydrogen-bond donors (Lipinski definition) is 0. The normalized spacial score (nSPS) is 10.9. The molecular formula is C24H21N5. The second-order valence-corrected chi connectivity index (χ2v) is 6.57. The van der Waals surface area contributed by atoms with Gasteiger partial charge in [0.1, 0.15) is 0 Å². The van der Waals surface area contributed by atoms with Crippen LogP contribution in [0.4, 0.5) is 5.69 Å². The van der Waals surface area contributed by atoms with E-state index in [0.717, 1.165) is 28.3 Å². The topological polar surface area (TPSA) is 54.8 Å². The van der Waals surface area contributed by atoms with Gasteiger partial charge >= 0.3 is 0 Å². The molecule has 5 nitrogen and oxygen atoms in total. The molecule has 0 radical (unpaired) electrons. The minimum atomic E-state index is 0.714. The molecule has 0 aliphatic heterocycles. The number of pyridine rings is 2. The molecule has 5 heteroatoms. The van der Waals surface area contributed by atoms with Crippen molar-refractivity contribution < 1.29 is 0 Å². The van der Waals surface area contributed by atoms with Gasteiger partial charge in [0, 0.05) is 24.3 Å². The van der Waals surface area contributed by atoms with E-state index in [-0.39, 0.29) is 0 Å². The van der Waals surface area contributed by atoms with Gasteiger partial charge in [0.15, 0.2) is 0 Å². The Morgan fingerprint density at radius 2 is 1.34 bits per heavy atom. The molecule has 0 saturated heterocycles. The van der Waals surface area contributed by atoms with Gasteiger partial charge in [-0.1, -0.05) is 30.3 Å². The molecule has 4 rings (SSSR count). The molecule has 0 aliphatic carbocycles. The average Bonchev–Trinajstić information content (AvgIpc) is 2.80. The van der Waals surface area contributed by atoms with Gasteiger partial charge < -0.3 is 4.90 Å². The van der Waals surface area contributed by atoms with Crippen molar-refractivity contribution in [2.45, 2.75) is 13.1 Å². The number of aromatic nitrogens is 4. The highest BCUT2D eigenvalue weighted by Crippen LogP contribution is 2.21. The Bertz CT molecular complexity index is 991. The van der Waals surface area contributed by atoms with Crippen molar-refractivity contribution in [3.63, 3.8) is 0 Å². The fourth-order valence-corrected chi connectivity index (χ4v) is 2.99. The number of anilines is 1. The first-order chi connectivity index (χ1) is 14.4. The third-order valence-electron chi connectivity index (χ3n) is 4.46. The highest BCUT2D eigenvalue weighted by Gasteiger charge is 2.10. The van der Waals surface area contributed by atoms with Crippen LogP contribution in [0.25, 0.3) is 12.2 Å². The van der Waals surface area contributed by atoms with Crippen LogP contribution in [-0.2, 0) is 13.1 Å². The lowest BCUT2D eigenvalue weighted by molar-refractivity contribution is 0.765. The zero-order valence-electron chi connectivity index (χ0n) is 16.0. The second kappa shape index (κ2) is 9.37. The van der Waals surface area contributed by atoms with Crippen LogP contribution in [0, 0.1) is 0 Å². The summed E-state index contributed by atoms with van der Waals surface area (Å²) in [6.45, 7) is 1.43. The minimum absolute atomic E-state index is 0.714. The zero-order valence-corrected chi connectivity index (χ0v) is 16.0. The van der Waals surface area contributed by atoms with E-state index in [1.165, 1.54) is 0 Å². The zero-order chi connectivity index (χ0) is 19.7. The van der Waals surface area contributed by atoms with Gasteiger partial charge in [-0.05, 0) is 60.2 Å². The maximum atomic E-state index is 4.48. The molecule has 0 atom stereocenters. The molecule has 0 spiro atoms. The van der Waals surface area contributed by atoms with Gasteiger partial charge in [0.2, 0.25) is 0 Å². The first-order valence-corrected chi connectivity index (χ1v) is 9.47. The van der Waals surface area contributed by atoms with E-state index >= 15 is 0 Å². The van der Waals surface area contributed by atoms with Crippen LogP contribution in [0.3, 0.4) is 0 Å². The van der Waals surface area contributed by atoms with Crippen LogP contribution in [0.5, 0.6) is 0 Å². The Hall–Kier alpha value is -3.86. The number of hydrogen-bond acceptors (Lipinski definition) is 5. The van der Waals surface area contributed by atoms with Crippen LogP contribution in [0.2, 0.25) is 0 Å². The predicted octanol–water partition coefficient (Wildman–Crippen LogP) is 4.64. The van der Waals surface area contributed by atoms with E-state index in [1.54, 1.807) is 6.20 Å². The van der Waals surface area contributed by atoms with Gasteiger partial charge in [-0.3, -0.25) is 9.97 Å². The third kappa shape index (κ3) is 5.32. The summed E-state index contributed by atoms with van der Waals surface area (Å²) in [5, 5.41) is 7.97. The first kappa shape index (κ1) is 18.5. The van der Waals surface area contributed by atoms with Gasteiger partial charge in [-0.15, -0.1) is 0 Å². The fourth-order valence-electron chi connectivity index (χ4n) is 2.99. The average molecular weight is 379 g/mol. The Morgan fingerprint density at radius 1 is 0.655 bits per heavy atom. The fraction of sp³-hybridized carbons (Fsp3) is 0.0833. The molecule has 29 heavy (non-hydrogen) atoms. The molecule has 0 amide bonds. The molecule has 3 aromatic heterocycles. The lowest BCUT2D eigenvalue weighted by Gasteiger charge is -2.24. The largest absolute Gasteiger partial charge is 0.360 e. The molecule has 142 valence electrons. The Morgan fingerprint density at radius 3 is 1.90 bits per heavy atom. The van der Waals surface area contributed by atoms with Crippen LogP contribution in [-0.4, -0.2) is 20.2 Å². The summed E-state index contributed by atoms with van der Waals surface area (Å²) in [5.41, 5.74) is 5.11. The Labute approximate surface area is 170 Å². The van der Waals surface area contributed by atoms with Crippen LogP contribution in [0.15, 0.2) is 91.4 Å². The summed E-state index contributed by atoms with van der Waals surface area (Å²) < 4.78 is 0. The number of benzene rings is 1. The monoisotopic (exact) mass is 379 g/mol. The molecule has 3 heterocycles. The maximum absolute atomic E-state index is 4.48. The van der Waals surface area contributed by atoms with E-state index in [9.17, 15) is 0 Å². The molecule has 0 bridgehead atoms. The molecule has 0 saturated carbocycles. The lowest BCUT2D eigenvalue weighted by atomic mass is 10.1. The number of nitrogens with zero attached hydrogens (tertiary/aromatic N) is 5. The van der Waals surface area contributed by atoms with Crippen molar-refractivity contribution in [1.82, 2.24) is 20.2 Å². The van der Waals surface area contributed by atoms with E-state index in [4.69, 9.17) is 0 Å². The van der Waals surface area contributed by atoms with E-state index in [1.807, 2.05) is 73.1 Å². The van der Waals surface area contributed by atoms with Crippen molar-refractivity contribution in [3.05, 3.63) is 114 Å². The molecule has 0 N–H and O–H groups in total. The minimum Gasteiger partial charge on any atom is -0.360 e. The molecule has 4 aromatic rings. The molecule has 1 aromatic carbocycles.